The lowest BCUT2D eigenvalue weighted by Crippen LogP contribution is -2.54. The number of carbonyl (C=O) groups excluding carboxylic acids is 2. The maximum atomic E-state index is 13.0. The number of anilines is 1. The van der Waals surface area contributed by atoms with E-state index in [-0.39, 0.29) is 21.9 Å². The number of carbonyl (C=O) groups is 3. The number of amides is 2. The SMILES string of the molecule is COc1ccc(C=C2C(=O)NC(=S)N(c3cccc(C(=O)O)c3)C2=O)cc1Br. The standard InChI is InChI=1S/C19H13BrN2O5S/c1-27-15-6-5-10(8-14(15)20)7-13-16(23)21-19(28)22(17(13)24)12-4-2-3-11(9-12)18(25)26/h2-9H,1H3,(H,25,26)(H,21,23,28). The fourth-order valence-electron chi connectivity index (χ4n) is 2.61. The first-order valence-electron chi connectivity index (χ1n) is 7.90. The molecular weight excluding hydrogens is 448 g/mol. The Bertz CT molecular complexity index is 1050. The van der Waals surface area contributed by atoms with Crippen LogP contribution in [0.3, 0.4) is 0 Å². The molecule has 28 heavy (non-hydrogen) atoms. The van der Waals surface area contributed by atoms with Crippen LogP contribution in [0.5, 0.6) is 5.75 Å². The monoisotopic (exact) mass is 460 g/mol. The van der Waals surface area contributed by atoms with Crippen molar-refractivity contribution >= 4 is 62.8 Å². The zero-order chi connectivity index (χ0) is 20.4. The third-order valence-electron chi connectivity index (χ3n) is 3.94. The van der Waals surface area contributed by atoms with Crippen LogP contribution in [0.15, 0.2) is 52.5 Å². The number of aromatic carboxylic acids is 1. The molecule has 2 amide bonds. The number of hydrogen-bond donors (Lipinski definition) is 2. The van der Waals surface area contributed by atoms with Gasteiger partial charge in [0.25, 0.3) is 11.8 Å². The summed E-state index contributed by atoms with van der Waals surface area (Å²) in [5.74, 6) is -1.81. The molecular formula is C19H13BrN2O5S. The Labute approximate surface area is 173 Å². The Morgan fingerprint density at radius 2 is 2.00 bits per heavy atom. The van der Waals surface area contributed by atoms with Gasteiger partial charge in [0.05, 0.1) is 22.8 Å². The number of halogens is 1. The summed E-state index contributed by atoms with van der Waals surface area (Å²) in [4.78, 5) is 37.6. The molecule has 0 bridgehead atoms. The van der Waals surface area contributed by atoms with Crippen LogP contribution in [0.4, 0.5) is 5.69 Å². The average molecular weight is 461 g/mol. The van der Waals surface area contributed by atoms with E-state index >= 15 is 0 Å². The highest BCUT2D eigenvalue weighted by Gasteiger charge is 2.34. The predicted octanol–water partition coefficient (Wildman–Crippen LogP) is 2.99. The van der Waals surface area contributed by atoms with Gasteiger partial charge in [0.1, 0.15) is 11.3 Å². The highest BCUT2D eigenvalue weighted by atomic mass is 79.9. The fourth-order valence-corrected chi connectivity index (χ4v) is 3.45. The summed E-state index contributed by atoms with van der Waals surface area (Å²) >= 11 is 8.47. The van der Waals surface area contributed by atoms with E-state index in [4.69, 9.17) is 22.1 Å². The maximum Gasteiger partial charge on any atom is 0.335 e. The Balaban J connectivity index is 2.02. The van der Waals surface area contributed by atoms with Gasteiger partial charge in [-0.2, -0.15) is 0 Å². The van der Waals surface area contributed by atoms with Crippen LogP contribution in [0.1, 0.15) is 15.9 Å². The molecule has 9 heteroatoms. The lowest BCUT2D eigenvalue weighted by atomic mass is 10.1. The van der Waals surface area contributed by atoms with Crippen molar-refractivity contribution in [2.45, 2.75) is 0 Å². The van der Waals surface area contributed by atoms with Gasteiger partial charge in [-0.05, 0) is 70.1 Å². The molecule has 0 spiro atoms. The smallest absolute Gasteiger partial charge is 0.335 e. The van der Waals surface area contributed by atoms with Crippen molar-refractivity contribution in [1.29, 1.82) is 0 Å². The third kappa shape index (κ3) is 3.80. The van der Waals surface area contributed by atoms with Gasteiger partial charge in [-0.3, -0.25) is 19.8 Å². The number of methoxy groups -OCH3 is 1. The summed E-state index contributed by atoms with van der Waals surface area (Å²) in [6.07, 6.45) is 1.43. The van der Waals surface area contributed by atoms with Gasteiger partial charge in [-0.15, -0.1) is 0 Å². The molecule has 1 aliphatic heterocycles. The van der Waals surface area contributed by atoms with E-state index in [2.05, 4.69) is 21.2 Å². The molecule has 1 fully saturated rings. The van der Waals surface area contributed by atoms with E-state index in [1.165, 1.54) is 37.5 Å². The molecule has 1 heterocycles. The number of hydrogen-bond acceptors (Lipinski definition) is 5. The average Bonchev–Trinajstić information content (AvgIpc) is 2.65. The summed E-state index contributed by atoms with van der Waals surface area (Å²) in [6, 6.07) is 10.8. The highest BCUT2D eigenvalue weighted by Crippen LogP contribution is 2.28. The maximum absolute atomic E-state index is 13.0. The molecule has 3 rings (SSSR count). The Hall–Kier alpha value is -3.04. The van der Waals surface area contributed by atoms with Crippen molar-refractivity contribution in [2.75, 3.05) is 12.0 Å². The first-order chi connectivity index (χ1) is 13.3. The number of thiocarbonyl (C=S) groups is 1. The molecule has 2 aromatic rings. The van der Waals surface area contributed by atoms with E-state index < -0.39 is 17.8 Å². The summed E-state index contributed by atoms with van der Waals surface area (Å²) in [6.45, 7) is 0. The quantitative estimate of drug-likeness (QED) is 0.413. The molecule has 1 saturated heterocycles. The molecule has 1 aliphatic rings. The normalized spacial score (nSPS) is 15.6. The number of benzene rings is 2. The van der Waals surface area contributed by atoms with Gasteiger partial charge < -0.3 is 9.84 Å². The van der Waals surface area contributed by atoms with Crippen LogP contribution in [0.2, 0.25) is 0 Å². The summed E-state index contributed by atoms with van der Waals surface area (Å²) < 4.78 is 5.83. The number of rotatable bonds is 4. The van der Waals surface area contributed by atoms with Gasteiger partial charge in [0.15, 0.2) is 5.11 Å². The van der Waals surface area contributed by atoms with Crippen molar-refractivity contribution in [3.05, 3.63) is 63.6 Å². The number of ether oxygens (including phenoxy) is 1. The molecule has 2 aromatic carbocycles. The zero-order valence-electron chi connectivity index (χ0n) is 14.4. The van der Waals surface area contributed by atoms with Crippen LogP contribution >= 0.6 is 28.1 Å². The molecule has 0 radical (unpaired) electrons. The minimum Gasteiger partial charge on any atom is -0.496 e. The Kier molecular flexibility index (Phi) is 5.57. The van der Waals surface area contributed by atoms with Gasteiger partial charge in [-0.25, -0.2) is 4.79 Å². The van der Waals surface area contributed by atoms with Crippen molar-refractivity contribution in [3.63, 3.8) is 0 Å². The van der Waals surface area contributed by atoms with E-state index in [9.17, 15) is 14.4 Å². The molecule has 0 aliphatic carbocycles. The molecule has 142 valence electrons. The van der Waals surface area contributed by atoms with Gasteiger partial charge in [0.2, 0.25) is 0 Å². The van der Waals surface area contributed by atoms with Crippen molar-refractivity contribution < 1.29 is 24.2 Å². The second kappa shape index (κ2) is 7.91. The number of nitrogens with zero attached hydrogens (tertiary/aromatic N) is 1. The van der Waals surface area contributed by atoms with E-state index in [1.807, 2.05) is 0 Å². The second-order valence-electron chi connectivity index (χ2n) is 5.71. The third-order valence-corrected chi connectivity index (χ3v) is 4.84. The highest BCUT2D eigenvalue weighted by molar-refractivity contribution is 9.10. The zero-order valence-corrected chi connectivity index (χ0v) is 16.8. The number of carboxylic acids is 1. The van der Waals surface area contributed by atoms with Gasteiger partial charge in [-0.1, -0.05) is 12.1 Å². The van der Waals surface area contributed by atoms with Crippen LogP contribution < -0.4 is 15.0 Å². The van der Waals surface area contributed by atoms with Gasteiger partial charge >= 0.3 is 5.97 Å². The summed E-state index contributed by atoms with van der Waals surface area (Å²) in [5, 5.41) is 11.5. The second-order valence-corrected chi connectivity index (χ2v) is 6.95. The summed E-state index contributed by atoms with van der Waals surface area (Å²) in [5.41, 5.74) is 0.705. The summed E-state index contributed by atoms with van der Waals surface area (Å²) in [7, 11) is 1.53. The number of nitrogens with one attached hydrogen (secondary N) is 1. The van der Waals surface area contributed by atoms with E-state index in [0.29, 0.717) is 15.8 Å². The van der Waals surface area contributed by atoms with E-state index in [1.54, 1.807) is 18.2 Å². The molecule has 0 atom stereocenters. The van der Waals surface area contributed by atoms with Crippen LogP contribution in [0, 0.1) is 0 Å². The van der Waals surface area contributed by atoms with Crippen molar-refractivity contribution in [1.82, 2.24) is 5.32 Å². The lowest BCUT2D eigenvalue weighted by Gasteiger charge is -2.29. The topological polar surface area (TPSA) is 95.9 Å². The van der Waals surface area contributed by atoms with Gasteiger partial charge in [0, 0.05) is 0 Å². The molecule has 7 nitrogen and oxygen atoms in total. The lowest BCUT2D eigenvalue weighted by molar-refractivity contribution is -0.122. The van der Waals surface area contributed by atoms with Crippen LogP contribution in [-0.2, 0) is 9.59 Å². The molecule has 0 unspecified atom stereocenters. The largest absolute Gasteiger partial charge is 0.496 e. The minimum atomic E-state index is -1.14. The fraction of sp³-hybridized carbons (Fsp3) is 0.0526. The van der Waals surface area contributed by atoms with Crippen LogP contribution in [-0.4, -0.2) is 35.1 Å². The number of carboxylic acid groups (broad SMARTS) is 1. The predicted molar refractivity (Wildman–Crippen MR) is 110 cm³/mol. The molecule has 0 saturated carbocycles. The minimum absolute atomic E-state index is 0.00499. The Morgan fingerprint density at radius 1 is 1.25 bits per heavy atom. The molecule has 2 N–H and O–H groups in total. The first kappa shape index (κ1) is 19.7. The van der Waals surface area contributed by atoms with E-state index in [0.717, 1.165) is 4.90 Å². The van der Waals surface area contributed by atoms with Crippen molar-refractivity contribution in [2.24, 2.45) is 0 Å². The van der Waals surface area contributed by atoms with Crippen molar-refractivity contribution in [3.8, 4) is 5.75 Å². The molecule has 0 aromatic heterocycles. The first-order valence-corrected chi connectivity index (χ1v) is 9.10. The Morgan fingerprint density at radius 3 is 2.64 bits per heavy atom. The van der Waals surface area contributed by atoms with Crippen LogP contribution in [0.25, 0.3) is 6.08 Å².